The van der Waals surface area contributed by atoms with E-state index in [-0.39, 0.29) is 11.9 Å². The third-order valence-corrected chi connectivity index (χ3v) is 3.40. The van der Waals surface area contributed by atoms with Crippen molar-refractivity contribution in [1.82, 2.24) is 0 Å². The SMILES string of the molecule is CC1CC(OC(C)CC(N)=NO)CC(C)(C)C1. The lowest BCUT2D eigenvalue weighted by Crippen LogP contribution is -2.35. The van der Waals surface area contributed by atoms with Crippen LogP contribution in [-0.4, -0.2) is 23.3 Å². The van der Waals surface area contributed by atoms with Crippen molar-refractivity contribution in [3.63, 3.8) is 0 Å². The molecule has 0 saturated heterocycles. The molecule has 1 saturated carbocycles. The fourth-order valence-corrected chi connectivity index (χ4v) is 3.07. The number of hydrogen-bond acceptors (Lipinski definition) is 3. The lowest BCUT2D eigenvalue weighted by atomic mass is 9.71. The van der Waals surface area contributed by atoms with E-state index in [1.54, 1.807) is 0 Å². The zero-order valence-electron chi connectivity index (χ0n) is 11.4. The van der Waals surface area contributed by atoms with Crippen molar-refractivity contribution in [2.75, 3.05) is 0 Å². The van der Waals surface area contributed by atoms with E-state index in [1.165, 1.54) is 6.42 Å². The highest BCUT2D eigenvalue weighted by Gasteiger charge is 2.33. The van der Waals surface area contributed by atoms with Gasteiger partial charge < -0.3 is 15.7 Å². The van der Waals surface area contributed by atoms with Gasteiger partial charge in [0.05, 0.1) is 12.2 Å². The molecular weight excluding hydrogens is 216 g/mol. The third kappa shape index (κ3) is 4.94. The first-order valence-corrected chi connectivity index (χ1v) is 6.44. The van der Waals surface area contributed by atoms with Crippen molar-refractivity contribution in [1.29, 1.82) is 0 Å². The molecule has 0 radical (unpaired) electrons. The minimum Gasteiger partial charge on any atom is -0.409 e. The van der Waals surface area contributed by atoms with Crippen LogP contribution in [0.3, 0.4) is 0 Å². The van der Waals surface area contributed by atoms with Crippen molar-refractivity contribution < 1.29 is 9.94 Å². The summed E-state index contributed by atoms with van der Waals surface area (Å²) < 4.78 is 6.00. The Morgan fingerprint density at radius 2 is 2.18 bits per heavy atom. The molecule has 0 heterocycles. The summed E-state index contributed by atoms with van der Waals surface area (Å²) in [7, 11) is 0. The Kier molecular flexibility index (Phi) is 4.80. The molecule has 0 aliphatic heterocycles. The van der Waals surface area contributed by atoms with Gasteiger partial charge in [-0.15, -0.1) is 0 Å². The highest BCUT2D eigenvalue weighted by atomic mass is 16.5. The summed E-state index contributed by atoms with van der Waals surface area (Å²) in [5, 5.41) is 11.5. The van der Waals surface area contributed by atoms with Crippen LogP contribution in [0, 0.1) is 11.3 Å². The molecule has 4 heteroatoms. The second-order valence-corrected chi connectivity index (χ2v) is 6.28. The first-order valence-electron chi connectivity index (χ1n) is 6.44. The molecule has 3 atom stereocenters. The van der Waals surface area contributed by atoms with Crippen LogP contribution >= 0.6 is 0 Å². The molecule has 3 unspecified atom stereocenters. The van der Waals surface area contributed by atoms with Gasteiger partial charge in [-0.2, -0.15) is 0 Å². The van der Waals surface area contributed by atoms with Gasteiger partial charge in [0.15, 0.2) is 0 Å². The van der Waals surface area contributed by atoms with E-state index >= 15 is 0 Å². The van der Waals surface area contributed by atoms with Crippen molar-refractivity contribution in [3.05, 3.63) is 0 Å². The maximum absolute atomic E-state index is 8.52. The Hall–Kier alpha value is -0.770. The molecule has 17 heavy (non-hydrogen) atoms. The Morgan fingerprint density at radius 1 is 1.53 bits per heavy atom. The van der Waals surface area contributed by atoms with E-state index in [1.807, 2.05) is 6.92 Å². The highest BCUT2D eigenvalue weighted by molar-refractivity contribution is 5.79. The van der Waals surface area contributed by atoms with Crippen LogP contribution in [0.2, 0.25) is 0 Å². The highest BCUT2D eigenvalue weighted by Crippen LogP contribution is 2.40. The second kappa shape index (κ2) is 5.71. The van der Waals surface area contributed by atoms with Crippen LogP contribution in [0.5, 0.6) is 0 Å². The van der Waals surface area contributed by atoms with Gasteiger partial charge in [-0.25, -0.2) is 0 Å². The van der Waals surface area contributed by atoms with E-state index in [9.17, 15) is 0 Å². The number of ether oxygens (including phenoxy) is 1. The van der Waals surface area contributed by atoms with Gasteiger partial charge in [-0.1, -0.05) is 25.9 Å². The monoisotopic (exact) mass is 242 g/mol. The minimum atomic E-state index is 0.0111. The second-order valence-electron chi connectivity index (χ2n) is 6.28. The van der Waals surface area contributed by atoms with Gasteiger partial charge >= 0.3 is 0 Å². The summed E-state index contributed by atoms with van der Waals surface area (Å²) in [5.41, 5.74) is 5.84. The summed E-state index contributed by atoms with van der Waals surface area (Å²) in [6.07, 6.45) is 4.28. The fourth-order valence-electron chi connectivity index (χ4n) is 3.07. The van der Waals surface area contributed by atoms with Crippen molar-refractivity contribution in [2.24, 2.45) is 22.2 Å². The van der Waals surface area contributed by atoms with Crippen molar-refractivity contribution in [3.8, 4) is 0 Å². The number of oxime groups is 1. The van der Waals surface area contributed by atoms with Crippen LogP contribution in [0.25, 0.3) is 0 Å². The van der Waals surface area contributed by atoms with E-state index in [2.05, 4.69) is 25.9 Å². The van der Waals surface area contributed by atoms with Gasteiger partial charge in [0.25, 0.3) is 0 Å². The molecule has 1 aliphatic carbocycles. The van der Waals surface area contributed by atoms with Gasteiger partial charge in [-0.05, 0) is 37.5 Å². The Balaban J connectivity index is 2.45. The largest absolute Gasteiger partial charge is 0.409 e. The van der Waals surface area contributed by atoms with Crippen LogP contribution < -0.4 is 5.73 Å². The molecule has 1 fully saturated rings. The quantitative estimate of drug-likeness (QED) is 0.345. The Morgan fingerprint density at radius 3 is 2.71 bits per heavy atom. The van der Waals surface area contributed by atoms with Crippen molar-refractivity contribution >= 4 is 5.84 Å². The zero-order valence-corrected chi connectivity index (χ0v) is 11.4. The molecule has 0 bridgehead atoms. The third-order valence-electron chi connectivity index (χ3n) is 3.40. The number of nitrogens with two attached hydrogens (primary N) is 1. The van der Waals surface area contributed by atoms with Crippen LogP contribution in [0.1, 0.15) is 53.4 Å². The van der Waals surface area contributed by atoms with E-state index < -0.39 is 0 Å². The summed E-state index contributed by atoms with van der Waals surface area (Å²) >= 11 is 0. The van der Waals surface area contributed by atoms with Crippen LogP contribution in [0.4, 0.5) is 0 Å². The van der Waals surface area contributed by atoms with Gasteiger partial charge in [0.2, 0.25) is 0 Å². The van der Waals surface area contributed by atoms with E-state index in [0.29, 0.717) is 23.9 Å². The molecule has 1 aliphatic rings. The molecular formula is C13H26N2O2. The lowest BCUT2D eigenvalue weighted by molar-refractivity contribution is -0.0560. The predicted octanol–water partition coefficient (Wildman–Crippen LogP) is 2.74. The van der Waals surface area contributed by atoms with Gasteiger partial charge in [0, 0.05) is 6.42 Å². The average Bonchev–Trinajstić information content (AvgIpc) is 2.13. The molecule has 1 rings (SSSR count). The molecule has 4 nitrogen and oxygen atoms in total. The topological polar surface area (TPSA) is 67.8 Å². The summed E-state index contributed by atoms with van der Waals surface area (Å²) in [5.74, 6) is 0.945. The summed E-state index contributed by atoms with van der Waals surface area (Å²) in [6.45, 7) is 8.86. The first-order chi connectivity index (χ1) is 7.82. The smallest absolute Gasteiger partial charge is 0.141 e. The van der Waals surface area contributed by atoms with Gasteiger partial charge in [0.1, 0.15) is 5.84 Å². The average molecular weight is 242 g/mol. The standard InChI is InChI=1S/C13H26N2O2/c1-9-5-11(8-13(3,4)7-9)17-10(2)6-12(14)15-16/h9-11,16H,5-8H2,1-4H3,(H2,14,15). The molecule has 100 valence electrons. The first kappa shape index (κ1) is 14.3. The molecule has 0 amide bonds. The number of amidine groups is 1. The minimum absolute atomic E-state index is 0.0111. The molecule has 0 aromatic heterocycles. The maximum atomic E-state index is 8.52. The van der Waals surface area contributed by atoms with Crippen molar-refractivity contribution in [2.45, 2.75) is 65.6 Å². The number of hydrogen-bond donors (Lipinski definition) is 2. The fraction of sp³-hybridized carbons (Fsp3) is 0.923. The Bertz CT molecular complexity index is 277. The zero-order chi connectivity index (χ0) is 13.1. The number of rotatable bonds is 4. The van der Waals surface area contributed by atoms with Gasteiger partial charge in [-0.3, -0.25) is 0 Å². The molecule has 3 N–H and O–H groups in total. The Labute approximate surface area is 104 Å². The predicted molar refractivity (Wildman–Crippen MR) is 69.2 cm³/mol. The summed E-state index contributed by atoms with van der Waals surface area (Å²) in [6, 6.07) is 0. The lowest BCUT2D eigenvalue weighted by Gasteiger charge is -2.39. The number of nitrogens with zero attached hydrogens (tertiary/aromatic N) is 1. The molecule has 0 aromatic rings. The van der Waals surface area contributed by atoms with Crippen LogP contribution in [-0.2, 0) is 4.74 Å². The van der Waals surface area contributed by atoms with Crippen LogP contribution in [0.15, 0.2) is 5.16 Å². The molecule has 0 spiro atoms. The van der Waals surface area contributed by atoms with E-state index in [0.717, 1.165) is 12.8 Å². The van der Waals surface area contributed by atoms with E-state index in [4.69, 9.17) is 15.7 Å². The maximum Gasteiger partial charge on any atom is 0.141 e. The summed E-state index contributed by atoms with van der Waals surface area (Å²) in [4.78, 5) is 0. The normalized spacial score (nSPS) is 31.2. The molecule has 0 aromatic carbocycles.